The van der Waals surface area contributed by atoms with E-state index >= 15 is 0 Å². The van der Waals surface area contributed by atoms with Gasteiger partial charge >= 0.3 is 68.9 Å². The van der Waals surface area contributed by atoms with E-state index < -0.39 is 0 Å². The monoisotopic (exact) mass is 434 g/mol. The van der Waals surface area contributed by atoms with Crippen LogP contribution in [0.3, 0.4) is 0 Å². The Morgan fingerprint density at radius 1 is 1.24 bits per heavy atom. The van der Waals surface area contributed by atoms with Crippen LogP contribution in [0, 0.1) is 3.14 Å². The van der Waals surface area contributed by atoms with Crippen LogP contribution < -0.4 is 68.9 Å². The van der Waals surface area contributed by atoms with Crippen molar-refractivity contribution < 1.29 is 73.7 Å². The first-order valence-electron chi connectivity index (χ1n) is 4.25. The molecule has 0 saturated carbocycles. The van der Waals surface area contributed by atoms with Crippen LogP contribution in [0.25, 0.3) is 0 Å². The van der Waals surface area contributed by atoms with Crippen molar-refractivity contribution in [3.8, 4) is 0 Å². The second kappa shape index (κ2) is 8.15. The number of carbonyl (C=O) groups excluding carboxylic acids is 1. The van der Waals surface area contributed by atoms with Gasteiger partial charge in [-0.3, -0.25) is 4.79 Å². The van der Waals surface area contributed by atoms with Crippen molar-refractivity contribution in [3.63, 3.8) is 0 Å². The molecule has 0 aliphatic heterocycles. The van der Waals surface area contributed by atoms with Crippen LogP contribution in [0.4, 0.5) is 0 Å². The van der Waals surface area contributed by atoms with Crippen LogP contribution >= 0.6 is 46.7 Å². The van der Waals surface area contributed by atoms with Crippen LogP contribution in [-0.4, -0.2) is 5.12 Å². The largest absolute Gasteiger partial charge is 1.00 e. The molecule has 1 aromatic carbocycles. The van der Waals surface area contributed by atoms with E-state index in [2.05, 4.69) is 0 Å². The van der Waals surface area contributed by atoms with Crippen molar-refractivity contribution in [3.05, 3.63) is 39.0 Å². The molecule has 0 aliphatic rings. The average molecular weight is 434 g/mol. The van der Waals surface area contributed by atoms with Gasteiger partial charge in [-0.2, -0.15) is 0 Å². The number of thioether (sulfide) groups is 1. The number of benzene rings is 1. The number of rotatable bonds is 2. The molecule has 0 N–H and O–H groups in total. The Kier molecular flexibility index (Phi) is 8.08. The Hall–Kier alpha value is 1.78. The van der Waals surface area contributed by atoms with Crippen LogP contribution in [0.15, 0.2) is 38.8 Å². The van der Waals surface area contributed by atoms with Gasteiger partial charge in [-0.1, -0.05) is 46.8 Å². The van der Waals surface area contributed by atoms with Crippen LogP contribution in [0.5, 0.6) is 0 Å². The summed E-state index contributed by atoms with van der Waals surface area (Å²) in [4.78, 5) is 11.9. The van der Waals surface area contributed by atoms with Crippen LogP contribution in [0.2, 0.25) is 0 Å². The summed E-state index contributed by atoms with van der Waals surface area (Å²) in [6, 6.07) is 9.17. The van der Waals surface area contributed by atoms with Gasteiger partial charge in [0.1, 0.15) is 0 Å². The first-order valence-corrected chi connectivity index (χ1v) is 7.51. The normalized spacial score (nSPS) is 9.65. The summed E-state index contributed by atoms with van der Waals surface area (Å²) in [5, 5.41) is 0.00995. The molecule has 1 nitrogen and oxygen atoms in total. The summed E-state index contributed by atoms with van der Waals surface area (Å²) in [6.07, 6.45) is 0. The summed E-state index contributed by atoms with van der Waals surface area (Å²) in [5.41, 5.74) is 0.686. The molecule has 2 aromatic rings. The molecular weight excluding hydrogens is 429 g/mol. The third kappa shape index (κ3) is 4.99. The third-order valence-corrected chi connectivity index (χ3v) is 6.11. The minimum absolute atomic E-state index is 0. The van der Waals surface area contributed by atoms with E-state index in [4.69, 9.17) is 24.8 Å². The molecule has 1 aromatic heterocycles. The summed E-state index contributed by atoms with van der Waals surface area (Å²) >= 11 is 14.1. The maximum absolute atomic E-state index is 11.9. The molecule has 7 heteroatoms. The summed E-state index contributed by atoms with van der Waals surface area (Å²) in [5.74, 6) is 0. The molecule has 17 heavy (non-hydrogen) atoms. The van der Waals surface area contributed by atoms with E-state index in [1.54, 1.807) is 12.1 Å². The van der Waals surface area contributed by atoms with Gasteiger partial charge in [0.2, 0.25) is 5.12 Å². The fourth-order valence-corrected chi connectivity index (χ4v) is 5.45. The van der Waals surface area contributed by atoms with E-state index in [0.29, 0.717) is 9.77 Å². The number of hydrogen-bond acceptors (Lipinski definition) is 6. The third-order valence-electron chi connectivity index (χ3n) is 1.71. The zero-order valence-electron chi connectivity index (χ0n) is 8.84. The zero-order valence-corrected chi connectivity index (χ0v) is 19.2. The summed E-state index contributed by atoms with van der Waals surface area (Å²) in [6.45, 7) is 0. The maximum Gasteiger partial charge on any atom is 1.00 e. The Morgan fingerprint density at radius 2 is 1.88 bits per heavy atom. The van der Waals surface area contributed by atoms with Crippen LogP contribution in [0.1, 0.15) is 10.4 Å². The maximum atomic E-state index is 11.9. The molecule has 0 unspecified atom stereocenters. The average Bonchev–Trinajstić information content (AvgIpc) is 2.59. The molecule has 2 rings (SSSR count). The topological polar surface area (TPSA) is 17.1 Å². The van der Waals surface area contributed by atoms with Gasteiger partial charge in [0.15, 0.2) is 0 Å². The number of hydrogen-bond donors (Lipinski definition) is 0. The van der Waals surface area contributed by atoms with Crippen LogP contribution in [-0.2, 0) is 12.6 Å². The molecule has 0 amide bonds. The van der Waals surface area contributed by atoms with Crippen molar-refractivity contribution in [2.24, 2.45) is 0 Å². The van der Waals surface area contributed by atoms with E-state index in [9.17, 15) is 4.79 Å². The Labute approximate surface area is 181 Å². The number of carbonyl (C=O) groups is 1. The molecule has 0 radical (unpaired) electrons. The smallest absolute Gasteiger partial charge is 0.426 e. The molecule has 0 fully saturated rings. The minimum Gasteiger partial charge on any atom is -0.426 e. The van der Waals surface area contributed by atoms with Crippen molar-refractivity contribution in [1.82, 2.24) is 0 Å². The van der Waals surface area contributed by atoms with Gasteiger partial charge in [0.25, 0.3) is 0 Å². The molecule has 0 atom stereocenters. The predicted octanol–water partition coefficient (Wildman–Crippen LogP) is 1.38. The second-order valence-corrected chi connectivity index (χ2v) is 7.92. The second-order valence-electron chi connectivity index (χ2n) is 2.78. The zero-order chi connectivity index (χ0) is 11.5. The fraction of sp³-hybridized carbons (Fsp3) is 0. The molecule has 1 heterocycles. The molecule has 82 valence electrons. The van der Waals surface area contributed by atoms with Crippen molar-refractivity contribution in [2.45, 2.75) is 8.42 Å². The Morgan fingerprint density at radius 3 is 2.41 bits per heavy atom. The van der Waals surface area contributed by atoms with E-state index in [1.165, 1.54) is 22.7 Å². The van der Waals surface area contributed by atoms with Gasteiger partial charge in [-0.15, -0.1) is 11.3 Å². The van der Waals surface area contributed by atoms with Gasteiger partial charge < -0.3 is 24.0 Å². The van der Waals surface area contributed by atoms with Gasteiger partial charge in [-0.25, -0.2) is 0 Å². The van der Waals surface area contributed by atoms with Crippen molar-refractivity contribution >= 4 is 64.4 Å². The molecule has 0 aliphatic carbocycles. The predicted molar refractivity (Wildman–Crippen MR) is 75.3 cm³/mol. The molecule has 0 bridgehead atoms. The standard InChI is InChI=1S/C10H6OS5.Cs/c11-7(6-4-2-1-3-5-6)14-9-8(12)15-10(13)16-9;/h1-5,12H;/q;+1/p-1. The molecule has 0 spiro atoms. The summed E-state index contributed by atoms with van der Waals surface area (Å²) < 4.78 is 2.32. The quantitative estimate of drug-likeness (QED) is 0.404. The van der Waals surface area contributed by atoms with Crippen molar-refractivity contribution in [1.29, 1.82) is 0 Å². The first-order chi connectivity index (χ1) is 7.66. The van der Waals surface area contributed by atoms with E-state index in [1.807, 2.05) is 18.2 Å². The minimum atomic E-state index is 0. The van der Waals surface area contributed by atoms with Gasteiger partial charge in [0, 0.05) is 5.56 Å². The SMILES string of the molecule is O=C(Sc1sc(=S)sc1[S-])c1ccccc1.[Cs+]. The fourth-order valence-electron chi connectivity index (χ4n) is 1.04. The van der Waals surface area contributed by atoms with Gasteiger partial charge in [0.05, 0.1) is 7.35 Å². The molecular formula is C10H5CsOS5. The van der Waals surface area contributed by atoms with E-state index in [-0.39, 0.29) is 74.0 Å². The Bertz CT molecular complexity index is 560. The van der Waals surface area contributed by atoms with Gasteiger partial charge in [-0.05, 0) is 11.8 Å². The Balaban J connectivity index is 0.00000144. The first kappa shape index (κ1) is 16.8. The van der Waals surface area contributed by atoms with E-state index in [0.717, 1.165) is 19.1 Å². The summed E-state index contributed by atoms with van der Waals surface area (Å²) in [7, 11) is 0. The van der Waals surface area contributed by atoms with Crippen molar-refractivity contribution in [2.75, 3.05) is 0 Å². The molecule has 0 saturated heterocycles.